The number of hydrogen-bond donors (Lipinski definition) is 0. The van der Waals surface area contributed by atoms with Crippen LogP contribution in [-0.2, 0) is 11.3 Å². The monoisotopic (exact) mass is 556 g/mol. The lowest BCUT2D eigenvalue weighted by Gasteiger charge is -2.29. The molecule has 0 aliphatic heterocycles. The number of hydrogen-bond acceptors (Lipinski definition) is 3. The molecule has 0 N–H and O–H groups in total. The zero-order valence-corrected chi connectivity index (χ0v) is 22.9. The van der Waals surface area contributed by atoms with Crippen LogP contribution < -0.4 is 9.47 Å². The first-order valence-electron chi connectivity index (χ1n) is 14.0. The van der Waals surface area contributed by atoms with Gasteiger partial charge in [-0.2, -0.15) is 8.78 Å². The van der Waals surface area contributed by atoms with E-state index in [1.165, 1.54) is 12.1 Å². The summed E-state index contributed by atoms with van der Waals surface area (Å²) in [7, 11) is 0. The summed E-state index contributed by atoms with van der Waals surface area (Å²) in [5.41, 5.74) is 1.76. The predicted octanol–water partition coefficient (Wildman–Crippen LogP) is 9.29. The molecule has 4 rings (SSSR count). The topological polar surface area (TPSA) is 27.7 Å². The van der Waals surface area contributed by atoms with Crippen molar-refractivity contribution < 1.29 is 31.8 Å². The average molecular weight is 557 g/mol. The lowest BCUT2D eigenvalue weighted by atomic mass is 9.82. The van der Waals surface area contributed by atoms with Gasteiger partial charge in [0.15, 0.2) is 23.1 Å². The molecule has 0 radical (unpaired) electrons. The van der Waals surface area contributed by atoms with Crippen LogP contribution in [0.15, 0.2) is 61.2 Å². The fraction of sp³-hybridized carbons (Fsp3) is 0.394. The number of benzene rings is 3. The Kier molecular flexibility index (Phi) is 10.6. The summed E-state index contributed by atoms with van der Waals surface area (Å²) in [4.78, 5) is 0. The van der Waals surface area contributed by atoms with Crippen LogP contribution in [0.1, 0.15) is 68.9 Å². The van der Waals surface area contributed by atoms with Crippen molar-refractivity contribution in [2.75, 3.05) is 13.2 Å². The minimum absolute atomic E-state index is 0.0212. The van der Waals surface area contributed by atoms with E-state index < -0.39 is 23.3 Å². The molecule has 3 aromatic carbocycles. The molecule has 0 unspecified atom stereocenters. The Morgan fingerprint density at radius 1 is 0.775 bits per heavy atom. The van der Waals surface area contributed by atoms with E-state index in [9.17, 15) is 8.78 Å². The molecule has 0 aromatic heterocycles. The molecule has 0 bridgehead atoms. The molecule has 3 aromatic rings. The second-order valence-electron chi connectivity index (χ2n) is 10.1. The number of ether oxygens (including phenoxy) is 3. The van der Waals surface area contributed by atoms with Gasteiger partial charge >= 0.3 is 0 Å². The summed E-state index contributed by atoms with van der Waals surface area (Å²) < 4.78 is 75.5. The number of unbranched alkanes of at least 4 members (excludes halogenated alkanes) is 1. The molecule has 0 amide bonds. The van der Waals surface area contributed by atoms with Gasteiger partial charge in [0.05, 0.1) is 12.7 Å². The summed E-state index contributed by atoms with van der Waals surface area (Å²) in [6, 6.07) is 12.6. The summed E-state index contributed by atoms with van der Waals surface area (Å²) in [5, 5.41) is 0. The fourth-order valence-corrected chi connectivity index (χ4v) is 4.97. The molecule has 1 saturated carbocycles. The summed E-state index contributed by atoms with van der Waals surface area (Å²) >= 11 is 0. The van der Waals surface area contributed by atoms with E-state index in [0.717, 1.165) is 45.1 Å². The van der Waals surface area contributed by atoms with E-state index in [4.69, 9.17) is 14.2 Å². The molecule has 7 heteroatoms. The van der Waals surface area contributed by atoms with Crippen LogP contribution in [0.4, 0.5) is 17.6 Å². The Hall–Kier alpha value is -3.32. The van der Waals surface area contributed by atoms with Crippen molar-refractivity contribution in [2.24, 2.45) is 0 Å². The Balaban J connectivity index is 1.37. The predicted molar refractivity (Wildman–Crippen MR) is 149 cm³/mol. The van der Waals surface area contributed by atoms with Crippen LogP contribution >= 0.6 is 0 Å². The molecular weight excluding hydrogens is 520 g/mol. The van der Waals surface area contributed by atoms with Crippen LogP contribution in [0.3, 0.4) is 0 Å². The van der Waals surface area contributed by atoms with Crippen molar-refractivity contribution in [3.63, 3.8) is 0 Å². The number of halogens is 4. The molecule has 1 aliphatic carbocycles. The quantitative estimate of drug-likeness (QED) is 0.119. The molecule has 1 fully saturated rings. The lowest BCUT2D eigenvalue weighted by molar-refractivity contribution is 0.0230. The molecule has 0 heterocycles. The zero-order valence-electron chi connectivity index (χ0n) is 22.9. The Morgan fingerprint density at radius 3 is 2.10 bits per heavy atom. The Morgan fingerprint density at radius 2 is 1.45 bits per heavy atom. The normalized spacial score (nSPS) is 17.0. The highest BCUT2D eigenvalue weighted by molar-refractivity contribution is 5.65. The van der Waals surface area contributed by atoms with Crippen molar-refractivity contribution in [3.05, 3.63) is 95.6 Å². The maximum absolute atomic E-state index is 15.2. The SMILES string of the molecule is C=CCCOc1ccc(OCc2ccc(-c3ccc(C4CCC(OCCCC)CC4)c(F)c3F)cc2)c(F)c1F. The van der Waals surface area contributed by atoms with E-state index in [1.54, 1.807) is 42.5 Å². The van der Waals surface area contributed by atoms with E-state index in [1.807, 2.05) is 0 Å². The Bertz CT molecular complexity index is 1270. The summed E-state index contributed by atoms with van der Waals surface area (Å²) in [6.45, 7) is 6.59. The van der Waals surface area contributed by atoms with Crippen molar-refractivity contribution in [1.29, 1.82) is 0 Å². The first kappa shape index (κ1) is 29.7. The lowest BCUT2D eigenvalue weighted by Crippen LogP contribution is -2.22. The van der Waals surface area contributed by atoms with Crippen molar-refractivity contribution in [1.82, 2.24) is 0 Å². The third-order valence-electron chi connectivity index (χ3n) is 7.33. The highest BCUT2D eigenvalue weighted by Crippen LogP contribution is 2.38. The van der Waals surface area contributed by atoms with Crippen LogP contribution in [0.2, 0.25) is 0 Å². The standard InChI is InChI=1S/C33H36F4O3/c1-3-5-19-38-25-13-11-24(12-14-25)27-16-15-26(30(34)31(27)35)23-9-7-22(8-10-23)21-40-29-18-17-28(32(36)33(29)37)39-20-6-4-2/h4,7-10,15-18,24-25H,2-3,5-6,11-14,19-21H2,1H3. The second kappa shape index (κ2) is 14.4. The molecule has 40 heavy (non-hydrogen) atoms. The summed E-state index contributed by atoms with van der Waals surface area (Å²) in [5.74, 6) is -4.38. The molecule has 0 spiro atoms. The van der Waals surface area contributed by atoms with Crippen molar-refractivity contribution in [2.45, 2.75) is 70.5 Å². The van der Waals surface area contributed by atoms with Gasteiger partial charge in [0, 0.05) is 12.2 Å². The van der Waals surface area contributed by atoms with Gasteiger partial charge in [0.1, 0.15) is 6.61 Å². The Labute approximate surface area is 233 Å². The zero-order chi connectivity index (χ0) is 28.5. The first-order chi connectivity index (χ1) is 19.4. The van der Waals surface area contributed by atoms with Crippen LogP contribution in [0.25, 0.3) is 11.1 Å². The van der Waals surface area contributed by atoms with E-state index in [0.29, 0.717) is 23.1 Å². The van der Waals surface area contributed by atoms with Crippen LogP contribution in [-0.4, -0.2) is 19.3 Å². The van der Waals surface area contributed by atoms with E-state index in [2.05, 4.69) is 13.5 Å². The average Bonchev–Trinajstić information content (AvgIpc) is 2.97. The van der Waals surface area contributed by atoms with Crippen LogP contribution in [0.5, 0.6) is 11.5 Å². The second-order valence-corrected chi connectivity index (χ2v) is 10.1. The van der Waals surface area contributed by atoms with Gasteiger partial charge in [-0.1, -0.05) is 55.8 Å². The number of rotatable bonds is 13. The minimum atomic E-state index is -1.14. The van der Waals surface area contributed by atoms with E-state index >= 15 is 8.78 Å². The van der Waals surface area contributed by atoms with E-state index in [-0.39, 0.29) is 42.3 Å². The minimum Gasteiger partial charge on any atom is -0.490 e. The van der Waals surface area contributed by atoms with Gasteiger partial charge in [-0.25, -0.2) is 8.78 Å². The third kappa shape index (κ3) is 7.25. The highest BCUT2D eigenvalue weighted by Gasteiger charge is 2.27. The highest BCUT2D eigenvalue weighted by atomic mass is 19.2. The van der Waals surface area contributed by atoms with Crippen molar-refractivity contribution >= 4 is 0 Å². The van der Waals surface area contributed by atoms with Gasteiger partial charge in [-0.15, -0.1) is 6.58 Å². The molecule has 214 valence electrons. The van der Waals surface area contributed by atoms with Crippen LogP contribution in [0, 0.1) is 23.3 Å². The van der Waals surface area contributed by atoms with Gasteiger partial charge in [0.25, 0.3) is 0 Å². The molecule has 1 aliphatic rings. The molecular formula is C33H36F4O3. The van der Waals surface area contributed by atoms with Gasteiger partial charge in [-0.05, 0) is 73.3 Å². The first-order valence-corrected chi connectivity index (χ1v) is 14.0. The maximum Gasteiger partial charge on any atom is 0.204 e. The molecule has 0 saturated heterocycles. The fourth-order valence-electron chi connectivity index (χ4n) is 4.97. The molecule has 0 atom stereocenters. The molecule has 3 nitrogen and oxygen atoms in total. The maximum atomic E-state index is 15.2. The van der Waals surface area contributed by atoms with Crippen molar-refractivity contribution in [3.8, 4) is 22.6 Å². The van der Waals surface area contributed by atoms with Gasteiger partial charge in [0.2, 0.25) is 11.6 Å². The smallest absolute Gasteiger partial charge is 0.204 e. The summed E-state index contributed by atoms with van der Waals surface area (Å²) in [6.07, 6.45) is 7.71. The van der Waals surface area contributed by atoms with Gasteiger partial charge < -0.3 is 14.2 Å². The van der Waals surface area contributed by atoms with Gasteiger partial charge in [-0.3, -0.25) is 0 Å². The largest absolute Gasteiger partial charge is 0.490 e. The third-order valence-corrected chi connectivity index (χ3v) is 7.33.